The lowest BCUT2D eigenvalue weighted by Gasteiger charge is -2.20. The van der Waals surface area contributed by atoms with Crippen molar-refractivity contribution in [3.05, 3.63) is 9.98 Å². The molecule has 0 aliphatic rings. The van der Waals surface area contributed by atoms with Crippen LogP contribution in [0.5, 0.6) is 0 Å². The standard InChI is InChI=1S/C13H20BrN3O3S/c1-8(2)9(3-4-11(18)19)5-6-15-12(20)17-13-16-7-10(14)21-13/h7-9H,3-6H2,1-2H3,(H,18,19)(H2,15,16,17,20). The molecule has 2 amide bonds. The fraction of sp³-hybridized carbons (Fsp3) is 0.615. The maximum Gasteiger partial charge on any atom is 0.321 e. The van der Waals surface area contributed by atoms with Crippen LogP contribution in [-0.2, 0) is 4.79 Å². The molecule has 1 rings (SSSR count). The normalized spacial score (nSPS) is 12.2. The predicted octanol–water partition coefficient (Wildman–Crippen LogP) is 3.55. The molecule has 1 atom stereocenters. The third-order valence-electron chi connectivity index (χ3n) is 3.17. The van der Waals surface area contributed by atoms with E-state index in [1.165, 1.54) is 11.3 Å². The molecule has 0 aromatic carbocycles. The van der Waals surface area contributed by atoms with Gasteiger partial charge >= 0.3 is 12.0 Å². The zero-order chi connectivity index (χ0) is 15.8. The lowest BCUT2D eigenvalue weighted by atomic mass is 9.88. The van der Waals surface area contributed by atoms with E-state index in [0.717, 1.165) is 10.2 Å². The molecule has 1 aromatic heterocycles. The Morgan fingerprint density at radius 2 is 2.14 bits per heavy atom. The van der Waals surface area contributed by atoms with Crippen molar-refractivity contribution in [1.29, 1.82) is 0 Å². The Hall–Kier alpha value is -1.15. The summed E-state index contributed by atoms with van der Waals surface area (Å²) in [7, 11) is 0. The number of carbonyl (C=O) groups is 2. The van der Waals surface area contributed by atoms with Gasteiger partial charge in [0.25, 0.3) is 0 Å². The minimum Gasteiger partial charge on any atom is -0.481 e. The summed E-state index contributed by atoms with van der Waals surface area (Å²) in [6, 6.07) is -0.294. The molecule has 0 fully saturated rings. The summed E-state index contributed by atoms with van der Waals surface area (Å²) in [4.78, 5) is 26.3. The molecule has 0 radical (unpaired) electrons. The van der Waals surface area contributed by atoms with Gasteiger partial charge in [0.05, 0.1) is 9.98 Å². The first-order chi connectivity index (χ1) is 9.88. The third kappa shape index (κ3) is 7.42. The van der Waals surface area contributed by atoms with Gasteiger partial charge in [0, 0.05) is 13.0 Å². The minimum absolute atomic E-state index is 0.169. The van der Waals surface area contributed by atoms with Crippen LogP contribution in [-0.4, -0.2) is 28.6 Å². The number of aromatic nitrogens is 1. The van der Waals surface area contributed by atoms with Crippen LogP contribution in [0.15, 0.2) is 9.98 Å². The number of carbonyl (C=O) groups excluding carboxylic acids is 1. The van der Waals surface area contributed by atoms with E-state index < -0.39 is 5.97 Å². The van der Waals surface area contributed by atoms with Crippen molar-refractivity contribution in [2.24, 2.45) is 11.8 Å². The Kier molecular flexibility index (Phi) is 7.66. The van der Waals surface area contributed by atoms with Crippen LogP contribution in [0.3, 0.4) is 0 Å². The molecule has 8 heteroatoms. The first kappa shape index (κ1) is 17.9. The van der Waals surface area contributed by atoms with E-state index in [0.29, 0.717) is 24.0 Å². The number of rotatable bonds is 8. The molecule has 118 valence electrons. The summed E-state index contributed by atoms with van der Waals surface area (Å²) in [5, 5.41) is 14.7. The van der Waals surface area contributed by atoms with Crippen LogP contribution in [0.2, 0.25) is 0 Å². The van der Waals surface area contributed by atoms with E-state index in [2.05, 4.69) is 45.4 Å². The first-order valence-electron chi connectivity index (χ1n) is 6.76. The maximum atomic E-state index is 11.7. The van der Waals surface area contributed by atoms with Gasteiger partial charge in [-0.15, -0.1) is 0 Å². The van der Waals surface area contributed by atoms with Gasteiger partial charge in [0.2, 0.25) is 0 Å². The molecule has 0 saturated carbocycles. The Bertz CT molecular complexity index is 479. The molecule has 1 unspecified atom stereocenters. The summed E-state index contributed by atoms with van der Waals surface area (Å²) >= 11 is 4.62. The van der Waals surface area contributed by atoms with Gasteiger partial charge in [-0.2, -0.15) is 0 Å². The van der Waals surface area contributed by atoms with Crippen molar-refractivity contribution in [1.82, 2.24) is 10.3 Å². The molecule has 0 saturated heterocycles. The highest BCUT2D eigenvalue weighted by Gasteiger charge is 2.15. The van der Waals surface area contributed by atoms with Gasteiger partial charge < -0.3 is 10.4 Å². The van der Waals surface area contributed by atoms with E-state index in [4.69, 9.17) is 5.11 Å². The highest BCUT2D eigenvalue weighted by Crippen LogP contribution is 2.23. The summed E-state index contributed by atoms with van der Waals surface area (Å²) in [5.74, 6) is -0.0970. The second-order valence-corrected chi connectivity index (χ2v) is 7.49. The quantitative estimate of drug-likeness (QED) is 0.645. The molecule has 0 aliphatic heterocycles. The van der Waals surface area contributed by atoms with Gasteiger partial charge in [0.1, 0.15) is 0 Å². The van der Waals surface area contributed by atoms with Gasteiger partial charge in [-0.3, -0.25) is 10.1 Å². The van der Waals surface area contributed by atoms with E-state index in [1.54, 1.807) is 6.20 Å². The Balaban J connectivity index is 2.29. The van der Waals surface area contributed by atoms with Crippen LogP contribution in [0.25, 0.3) is 0 Å². The molecule has 21 heavy (non-hydrogen) atoms. The lowest BCUT2D eigenvalue weighted by Crippen LogP contribution is -2.31. The van der Waals surface area contributed by atoms with Gasteiger partial charge in [-0.25, -0.2) is 9.78 Å². The monoisotopic (exact) mass is 377 g/mol. The fourth-order valence-electron chi connectivity index (χ4n) is 1.94. The number of hydrogen-bond acceptors (Lipinski definition) is 4. The van der Waals surface area contributed by atoms with Crippen molar-refractivity contribution < 1.29 is 14.7 Å². The van der Waals surface area contributed by atoms with Crippen LogP contribution in [0, 0.1) is 11.8 Å². The highest BCUT2D eigenvalue weighted by molar-refractivity contribution is 9.11. The van der Waals surface area contributed by atoms with Crippen LogP contribution in [0.1, 0.15) is 33.1 Å². The minimum atomic E-state index is -0.777. The van der Waals surface area contributed by atoms with Gasteiger partial charge in [0.15, 0.2) is 5.13 Å². The van der Waals surface area contributed by atoms with Crippen molar-refractivity contribution >= 4 is 44.4 Å². The number of halogens is 1. The topological polar surface area (TPSA) is 91.3 Å². The lowest BCUT2D eigenvalue weighted by molar-refractivity contribution is -0.137. The summed E-state index contributed by atoms with van der Waals surface area (Å²) in [6.07, 6.45) is 3.19. The third-order valence-corrected chi connectivity index (χ3v) is 4.56. The van der Waals surface area contributed by atoms with Crippen LogP contribution >= 0.6 is 27.3 Å². The van der Waals surface area contributed by atoms with Crippen LogP contribution < -0.4 is 10.6 Å². The van der Waals surface area contributed by atoms with Gasteiger partial charge in [-0.1, -0.05) is 25.2 Å². The van der Waals surface area contributed by atoms with Crippen molar-refractivity contribution in [3.8, 4) is 0 Å². The number of carboxylic acid groups (broad SMARTS) is 1. The number of aliphatic carboxylic acids is 1. The van der Waals surface area contributed by atoms with Gasteiger partial charge in [-0.05, 0) is 40.6 Å². The number of nitrogens with zero attached hydrogens (tertiary/aromatic N) is 1. The predicted molar refractivity (Wildman–Crippen MR) is 86.7 cm³/mol. The van der Waals surface area contributed by atoms with E-state index in [1.807, 2.05) is 0 Å². The second-order valence-electron chi connectivity index (χ2n) is 5.08. The molecule has 1 aromatic rings. The molecule has 0 spiro atoms. The Morgan fingerprint density at radius 1 is 1.43 bits per heavy atom. The number of amides is 2. The number of urea groups is 1. The summed E-state index contributed by atoms with van der Waals surface area (Å²) in [5.41, 5.74) is 0. The number of anilines is 1. The van der Waals surface area contributed by atoms with E-state index >= 15 is 0 Å². The zero-order valence-electron chi connectivity index (χ0n) is 12.1. The number of thiazole rings is 1. The molecular weight excluding hydrogens is 358 g/mol. The number of carboxylic acids is 1. The van der Waals surface area contributed by atoms with E-state index in [9.17, 15) is 9.59 Å². The summed E-state index contributed by atoms with van der Waals surface area (Å²) in [6.45, 7) is 4.65. The highest BCUT2D eigenvalue weighted by atomic mass is 79.9. The molecular formula is C13H20BrN3O3S. The maximum absolute atomic E-state index is 11.7. The summed E-state index contributed by atoms with van der Waals surface area (Å²) < 4.78 is 0.853. The molecule has 6 nitrogen and oxygen atoms in total. The molecule has 0 bridgehead atoms. The molecule has 0 aliphatic carbocycles. The zero-order valence-corrected chi connectivity index (χ0v) is 14.5. The Labute approximate surface area is 136 Å². The Morgan fingerprint density at radius 3 is 2.67 bits per heavy atom. The van der Waals surface area contributed by atoms with E-state index in [-0.39, 0.29) is 18.4 Å². The van der Waals surface area contributed by atoms with Crippen molar-refractivity contribution in [2.45, 2.75) is 33.1 Å². The first-order valence-corrected chi connectivity index (χ1v) is 8.37. The molecule has 3 N–H and O–H groups in total. The van der Waals surface area contributed by atoms with Crippen LogP contribution in [0.4, 0.5) is 9.93 Å². The van der Waals surface area contributed by atoms with Crippen molar-refractivity contribution in [2.75, 3.05) is 11.9 Å². The number of hydrogen-bond donors (Lipinski definition) is 3. The van der Waals surface area contributed by atoms with Crippen molar-refractivity contribution in [3.63, 3.8) is 0 Å². The SMILES string of the molecule is CC(C)C(CCNC(=O)Nc1ncc(Br)s1)CCC(=O)O. The smallest absolute Gasteiger partial charge is 0.321 e. The molecule has 1 heterocycles. The average molecular weight is 378 g/mol. The second kappa shape index (κ2) is 8.99. The average Bonchev–Trinajstić information content (AvgIpc) is 2.78. The fourth-order valence-corrected chi connectivity index (χ4v) is 3.05. The largest absolute Gasteiger partial charge is 0.481 e. The number of nitrogens with one attached hydrogen (secondary N) is 2.